The lowest BCUT2D eigenvalue weighted by molar-refractivity contribution is -0.141. The van der Waals surface area contributed by atoms with Crippen LogP contribution in [0.5, 0.6) is 23.0 Å². The first-order valence-electron chi connectivity index (χ1n) is 8.01. The first-order valence-corrected chi connectivity index (χ1v) is 8.01. The quantitative estimate of drug-likeness (QED) is 0.369. The van der Waals surface area contributed by atoms with Crippen LogP contribution in [0.15, 0.2) is 41.6 Å². The van der Waals surface area contributed by atoms with Crippen LogP contribution in [0.2, 0.25) is 0 Å². The van der Waals surface area contributed by atoms with E-state index in [1.54, 1.807) is 13.8 Å². The molecule has 4 N–H and O–H groups in total. The van der Waals surface area contributed by atoms with Crippen molar-refractivity contribution >= 4 is 11.7 Å². The number of rotatable bonds is 5. The van der Waals surface area contributed by atoms with Gasteiger partial charge < -0.3 is 25.3 Å². The van der Waals surface area contributed by atoms with E-state index in [0.29, 0.717) is 0 Å². The Morgan fingerprint density at radius 1 is 0.846 bits per heavy atom. The van der Waals surface area contributed by atoms with Crippen molar-refractivity contribution in [2.24, 2.45) is 5.16 Å². The molecule has 0 fully saturated rings. The number of hydrogen-bond donors (Lipinski definition) is 4. The van der Waals surface area contributed by atoms with Crippen molar-refractivity contribution in [1.29, 1.82) is 0 Å². The number of carbonyl (C=O) groups is 1. The molecular weight excluding hydrogens is 338 g/mol. The number of phenols is 4. The number of oxime groups is 1. The Balaban J connectivity index is 2.57. The molecule has 138 valence electrons. The third kappa shape index (κ3) is 3.88. The Hall–Kier alpha value is -3.22. The molecule has 0 radical (unpaired) electrons. The van der Waals surface area contributed by atoms with Gasteiger partial charge in [-0.05, 0) is 24.3 Å². The second-order valence-corrected chi connectivity index (χ2v) is 5.96. The van der Waals surface area contributed by atoms with Crippen molar-refractivity contribution < 1.29 is 30.1 Å². The molecule has 0 heterocycles. The van der Waals surface area contributed by atoms with Gasteiger partial charge in [0, 0.05) is 29.9 Å². The zero-order chi connectivity index (χ0) is 19.4. The predicted octanol–water partition coefficient (Wildman–Crippen LogP) is 3.34. The highest BCUT2D eigenvalue weighted by atomic mass is 16.7. The summed E-state index contributed by atoms with van der Waals surface area (Å²) in [6, 6.07) is 8.63. The molecule has 2 rings (SSSR count). The number of nitrogens with zero attached hydrogens (tertiary/aromatic N) is 1. The lowest BCUT2D eigenvalue weighted by atomic mass is 9.83. The number of aromatic hydroxyl groups is 4. The number of phenolic OH excluding ortho intramolecular Hbond substituents is 4. The molecule has 0 saturated heterocycles. The van der Waals surface area contributed by atoms with Gasteiger partial charge in [0.05, 0.1) is 5.71 Å². The van der Waals surface area contributed by atoms with E-state index >= 15 is 0 Å². The fraction of sp³-hybridized carbons (Fsp3) is 0.263. The lowest BCUT2D eigenvalue weighted by Crippen LogP contribution is -2.19. The van der Waals surface area contributed by atoms with E-state index in [-0.39, 0.29) is 39.8 Å². The SMILES string of the molecule is CC(=O)ON=C(C(C)c1c(O)cccc1O)C(C)c1c(O)cccc1O. The summed E-state index contributed by atoms with van der Waals surface area (Å²) in [5, 5.41) is 44.4. The van der Waals surface area contributed by atoms with E-state index in [1.807, 2.05) is 0 Å². The minimum Gasteiger partial charge on any atom is -0.508 e. The number of hydrogen-bond acceptors (Lipinski definition) is 7. The highest BCUT2D eigenvalue weighted by Gasteiger charge is 2.29. The molecule has 0 aliphatic carbocycles. The second-order valence-electron chi connectivity index (χ2n) is 5.96. The van der Waals surface area contributed by atoms with E-state index in [0.717, 1.165) is 0 Å². The van der Waals surface area contributed by atoms with Crippen LogP contribution < -0.4 is 0 Å². The number of benzene rings is 2. The predicted molar refractivity (Wildman–Crippen MR) is 95.6 cm³/mol. The number of carbonyl (C=O) groups excluding carboxylic acids is 1. The van der Waals surface area contributed by atoms with Crippen LogP contribution in [-0.2, 0) is 9.63 Å². The summed E-state index contributed by atoms with van der Waals surface area (Å²) < 4.78 is 0. The largest absolute Gasteiger partial charge is 0.508 e. The smallest absolute Gasteiger partial charge is 0.331 e. The van der Waals surface area contributed by atoms with E-state index in [1.165, 1.54) is 43.3 Å². The maximum Gasteiger partial charge on any atom is 0.331 e. The van der Waals surface area contributed by atoms with Gasteiger partial charge in [0.1, 0.15) is 23.0 Å². The molecule has 0 aliphatic heterocycles. The molecule has 0 saturated carbocycles. The second kappa shape index (κ2) is 7.77. The summed E-state index contributed by atoms with van der Waals surface area (Å²) in [4.78, 5) is 16.0. The third-order valence-corrected chi connectivity index (χ3v) is 4.15. The van der Waals surface area contributed by atoms with Crippen LogP contribution in [0.1, 0.15) is 43.7 Å². The van der Waals surface area contributed by atoms with Crippen molar-refractivity contribution in [2.45, 2.75) is 32.6 Å². The summed E-state index contributed by atoms with van der Waals surface area (Å²) >= 11 is 0. The molecule has 7 nitrogen and oxygen atoms in total. The fourth-order valence-electron chi connectivity index (χ4n) is 2.92. The summed E-state index contributed by atoms with van der Waals surface area (Å²) in [6.07, 6.45) is 0. The first-order chi connectivity index (χ1) is 12.2. The van der Waals surface area contributed by atoms with E-state index in [9.17, 15) is 25.2 Å². The average Bonchev–Trinajstić information content (AvgIpc) is 2.54. The highest BCUT2D eigenvalue weighted by molar-refractivity contribution is 5.97. The van der Waals surface area contributed by atoms with Crippen LogP contribution in [0.25, 0.3) is 0 Å². The Labute approximate surface area is 150 Å². The Morgan fingerprint density at radius 2 is 1.19 bits per heavy atom. The summed E-state index contributed by atoms with van der Waals surface area (Å²) in [7, 11) is 0. The Bertz CT molecular complexity index is 746. The van der Waals surface area contributed by atoms with Gasteiger partial charge in [-0.1, -0.05) is 31.1 Å². The highest BCUT2D eigenvalue weighted by Crippen LogP contribution is 2.41. The standard InChI is InChI=1S/C19H21NO6/c1-10(17-13(22)6-4-7-14(17)23)19(20-26-12(3)21)11(2)18-15(24)8-5-9-16(18)25/h4-11,22-25H,1-3H3. The molecule has 26 heavy (non-hydrogen) atoms. The van der Waals surface area contributed by atoms with Gasteiger partial charge in [0.15, 0.2) is 0 Å². The molecule has 0 aliphatic rings. The van der Waals surface area contributed by atoms with Crippen molar-refractivity contribution in [3.05, 3.63) is 47.5 Å². The zero-order valence-corrected chi connectivity index (χ0v) is 14.7. The van der Waals surface area contributed by atoms with Gasteiger partial charge in [-0.25, -0.2) is 4.79 Å². The average molecular weight is 359 g/mol. The van der Waals surface area contributed by atoms with Crippen LogP contribution >= 0.6 is 0 Å². The monoisotopic (exact) mass is 359 g/mol. The van der Waals surface area contributed by atoms with Crippen LogP contribution in [0, 0.1) is 0 Å². The summed E-state index contributed by atoms with van der Waals surface area (Å²) in [6.45, 7) is 4.50. The molecule has 2 aromatic carbocycles. The van der Waals surface area contributed by atoms with Gasteiger partial charge >= 0.3 is 5.97 Å². The van der Waals surface area contributed by atoms with Gasteiger partial charge in [-0.2, -0.15) is 0 Å². The van der Waals surface area contributed by atoms with Crippen molar-refractivity contribution in [3.63, 3.8) is 0 Å². The summed E-state index contributed by atoms with van der Waals surface area (Å²) in [5.74, 6) is -2.61. The van der Waals surface area contributed by atoms with E-state index in [2.05, 4.69) is 5.16 Å². The first kappa shape index (κ1) is 19.1. The lowest BCUT2D eigenvalue weighted by Gasteiger charge is -2.23. The van der Waals surface area contributed by atoms with Gasteiger partial charge in [-0.3, -0.25) is 0 Å². The zero-order valence-electron chi connectivity index (χ0n) is 14.7. The van der Waals surface area contributed by atoms with Crippen molar-refractivity contribution in [2.75, 3.05) is 0 Å². The molecule has 2 atom stereocenters. The maximum absolute atomic E-state index is 11.2. The van der Waals surface area contributed by atoms with Crippen molar-refractivity contribution in [1.82, 2.24) is 0 Å². The molecule has 2 aromatic rings. The fourth-order valence-corrected chi connectivity index (χ4v) is 2.92. The topological polar surface area (TPSA) is 120 Å². The van der Waals surface area contributed by atoms with E-state index < -0.39 is 17.8 Å². The molecule has 0 spiro atoms. The molecule has 0 amide bonds. The normalized spacial score (nSPS) is 12.9. The van der Waals surface area contributed by atoms with Gasteiger partial charge in [0.25, 0.3) is 0 Å². The molecular formula is C19H21NO6. The molecule has 0 aromatic heterocycles. The third-order valence-electron chi connectivity index (χ3n) is 4.15. The van der Waals surface area contributed by atoms with Crippen LogP contribution in [0.4, 0.5) is 0 Å². The van der Waals surface area contributed by atoms with Gasteiger partial charge in [0.2, 0.25) is 0 Å². The molecule has 7 heteroatoms. The van der Waals surface area contributed by atoms with Crippen LogP contribution in [-0.4, -0.2) is 32.1 Å². The minimum atomic E-state index is -0.676. The maximum atomic E-state index is 11.2. The van der Waals surface area contributed by atoms with Crippen LogP contribution in [0.3, 0.4) is 0 Å². The Kier molecular flexibility index (Phi) is 5.71. The Morgan fingerprint density at radius 3 is 1.50 bits per heavy atom. The van der Waals surface area contributed by atoms with Crippen molar-refractivity contribution in [3.8, 4) is 23.0 Å². The van der Waals surface area contributed by atoms with E-state index in [4.69, 9.17) is 4.84 Å². The molecule has 2 unspecified atom stereocenters. The van der Waals surface area contributed by atoms with Gasteiger partial charge in [-0.15, -0.1) is 0 Å². The minimum absolute atomic E-state index is 0.151. The molecule has 0 bridgehead atoms. The summed E-state index contributed by atoms with van der Waals surface area (Å²) in [5.41, 5.74) is 0.620.